The fourth-order valence-electron chi connectivity index (χ4n) is 1.97. The normalized spacial score (nSPS) is 20.5. The van der Waals surface area contributed by atoms with E-state index in [0.717, 1.165) is 5.56 Å². The van der Waals surface area contributed by atoms with Gasteiger partial charge in [0.25, 0.3) is 0 Å². The lowest BCUT2D eigenvalue weighted by Crippen LogP contribution is -2.17. The van der Waals surface area contributed by atoms with Crippen molar-refractivity contribution in [3.8, 4) is 6.07 Å². The van der Waals surface area contributed by atoms with Crippen molar-refractivity contribution in [2.24, 2.45) is 0 Å². The number of rotatable bonds is 2. The minimum absolute atomic E-state index is 0.108. The van der Waals surface area contributed by atoms with Crippen LogP contribution in [0.2, 0.25) is 0 Å². The molecule has 1 atom stereocenters. The van der Waals surface area contributed by atoms with Gasteiger partial charge in [0.1, 0.15) is 12.2 Å². The Bertz CT molecular complexity index is 546. The number of hydrogen-bond acceptors (Lipinski definition) is 5. The van der Waals surface area contributed by atoms with Crippen LogP contribution < -0.4 is 0 Å². The van der Waals surface area contributed by atoms with E-state index in [1.54, 1.807) is 11.9 Å². The highest BCUT2D eigenvalue weighted by Crippen LogP contribution is 2.31. The minimum atomic E-state index is -0.682. The van der Waals surface area contributed by atoms with Gasteiger partial charge in [-0.25, -0.2) is 4.79 Å². The fraction of sp³-hybridized carbons (Fsp3) is 0.286. The first-order chi connectivity index (χ1) is 9.17. The standard InChI is InChI=1S/C14H14N2O3/c1-16-9-12(10-6-4-3-5-7-10)19-13(16)11(8-15)14(17)18-2/h3-7,12H,9H2,1-2H3/b13-11+. The molecule has 1 aliphatic heterocycles. The van der Waals surface area contributed by atoms with E-state index in [1.807, 2.05) is 36.4 Å². The van der Waals surface area contributed by atoms with Gasteiger partial charge in [0.05, 0.1) is 13.7 Å². The summed E-state index contributed by atoms with van der Waals surface area (Å²) in [7, 11) is 3.02. The van der Waals surface area contributed by atoms with Crippen LogP contribution in [0, 0.1) is 11.3 Å². The zero-order chi connectivity index (χ0) is 13.8. The van der Waals surface area contributed by atoms with E-state index in [4.69, 9.17) is 10.00 Å². The fourth-order valence-corrected chi connectivity index (χ4v) is 1.97. The molecule has 0 radical (unpaired) electrons. The van der Waals surface area contributed by atoms with Crippen LogP contribution >= 0.6 is 0 Å². The summed E-state index contributed by atoms with van der Waals surface area (Å²) < 4.78 is 10.3. The van der Waals surface area contributed by atoms with Gasteiger partial charge in [-0.2, -0.15) is 5.26 Å². The number of carbonyl (C=O) groups is 1. The van der Waals surface area contributed by atoms with Gasteiger partial charge in [-0.1, -0.05) is 30.3 Å². The van der Waals surface area contributed by atoms with Crippen molar-refractivity contribution in [3.63, 3.8) is 0 Å². The Kier molecular flexibility index (Phi) is 3.71. The third-order valence-corrected chi connectivity index (χ3v) is 2.93. The summed E-state index contributed by atoms with van der Waals surface area (Å²) in [6.45, 7) is 0.585. The number of esters is 1. The predicted molar refractivity (Wildman–Crippen MR) is 67.6 cm³/mol. The number of benzene rings is 1. The number of hydrogen-bond donors (Lipinski definition) is 0. The Balaban J connectivity index is 2.30. The highest BCUT2D eigenvalue weighted by atomic mass is 16.5. The van der Waals surface area contributed by atoms with Gasteiger partial charge in [-0.05, 0) is 5.56 Å². The molecule has 0 amide bonds. The first kappa shape index (κ1) is 13.0. The Morgan fingerprint density at radius 1 is 1.47 bits per heavy atom. The zero-order valence-corrected chi connectivity index (χ0v) is 10.8. The number of carbonyl (C=O) groups excluding carboxylic acids is 1. The SMILES string of the molecule is COC(=O)/C(C#N)=C1/OC(c2ccccc2)CN1C. The first-order valence-corrected chi connectivity index (χ1v) is 5.82. The number of likely N-dealkylation sites (N-methyl/N-ethyl adjacent to an activating group) is 1. The van der Waals surface area contributed by atoms with Gasteiger partial charge in [0.2, 0.25) is 5.88 Å². The van der Waals surface area contributed by atoms with Crippen LogP contribution in [0.25, 0.3) is 0 Å². The molecule has 98 valence electrons. The van der Waals surface area contributed by atoms with E-state index in [9.17, 15) is 4.79 Å². The third-order valence-electron chi connectivity index (χ3n) is 2.93. The smallest absolute Gasteiger partial charge is 0.354 e. The number of nitriles is 1. The zero-order valence-electron chi connectivity index (χ0n) is 10.8. The Morgan fingerprint density at radius 2 is 2.16 bits per heavy atom. The summed E-state index contributed by atoms with van der Waals surface area (Å²) in [5.41, 5.74) is 0.898. The van der Waals surface area contributed by atoms with Gasteiger partial charge in [-0.3, -0.25) is 0 Å². The first-order valence-electron chi connectivity index (χ1n) is 5.82. The van der Waals surface area contributed by atoms with Crippen LogP contribution in [-0.2, 0) is 14.3 Å². The van der Waals surface area contributed by atoms with Gasteiger partial charge in [0.15, 0.2) is 5.57 Å². The molecule has 0 spiro atoms. The Morgan fingerprint density at radius 3 is 2.74 bits per heavy atom. The second kappa shape index (κ2) is 5.44. The van der Waals surface area contributed by atoms with Crippen molar-refractivity contribution in [3.05, 3.63) is 47.4 Å². The van der Waals surface area contributed by atoms with Crippen molar-refractivity contribution in [1.82, 2.24) is 4.90 Å². The molecule has 5 nitrogen and oxygen atoms in total. The second-order valence-electron chi connectivity index (χ2n) is 4.18. The van der Waals surface area contributed by atoms with Crippen LogP contribution in [0.4, 0.5) is 0 Å². The van der Waals surface area contributed by atoms with Crippen LogP contribution in [0.15, 0.2) is 41.8 Å². The molecule has 0 saturated carbocycles. The van der Waals surface area contributed by atoms with Crippen molar-refractivity contribution < 1.29 is 14.3 Å². The summed E-state index contributed by atoms with van der Waals surface area (Å²) in [5, 5.41) is 9.05. The molecular weight excluding hydrogens is 244 g/mol. The molecule has 1 saturated heterocycles. The second-order valence-corrected chi connectivity index (χ2v) is 4.18. The summed E-state index contributed by atoms with van der Waals surface area (Å²) in [6.07, 6.45) is -0.186. The van der Waals surface area contributed by atoms with Crippen LogP contribution in [0.1, 0.15) is 11.7 Å². The number of nitrogens with zero attached hydrogens (tertiary/aromatic N) is 2. The molecule has 1 aromatic rings. The van der Waals surface area contributed by atoms with E-state index >= 15 is 0 Å². The van der Waals surface area contributed by atoms with E-state index in [0.29, 0.717) is 6.54 Å². The lowest BCUT2D eigenvalue weighted by Gasteiger charge is -2.10. The molecule has 2 rings (SSSR count). The topological polar surface area (TPSA) is 62.6 Å². The highest BCUT2D eigenvalue weighted by Gasteiger charge is 2.32. The molecule has 1 heterocycles. The minimum Gasteiger partial charge on any atom is -0.468 e. The van der Waals surface area contributed by atoms with Crippen molar-refractivity contribution in [1.29, 1.82) is 5.26 Å². The summed E-state index contributed by atoms with van der Waals surface area (Å²) in [6, 6.07) is 11.5. The summed E-state index contributed by atoms with van der Waals surface area (Å²) in [4.78, 5) is 13.3. The number of ether oxygens (including phenoxy) is 2. The molecule has 1 aliphatic rings. The molecule has 1 fully saturated rings. The molecule has 0 aromatic heterocycles. The Hall–Kier alpha value is -2.48. The number of methoxy groups -OCH3 is 1. The molecule has 19 heavy (non-hydrogen) atoms. The maximum atomic E-state index is 11.5. The Labute approximate surface area is 111 Å². The van der Waals surface area contributed by atoms with E-state index in [-0.39, 0.29) is 17.6 Å². The average molecular weight is 258 g/mol. The monoisotopic (exact) mass is 258 g/mol. The molecule has 1 aromatic carbocycles. The molecule has 5 heteroatoms. The largest absolute Gasteiger partial charge is 0.468 e. The molecule has 1 unspecified atom stereocenters. The molecule has 0 aliphatic carbocycles. The third kappa shape index (κ3) is 2.52. The summed E-state index contributed by atoms with van der Waals surface area (Å²) >= 11 is 0. The van der Waals surface area contributed by atoms with Crippen molar-refractivity contribution in [2.75, 3.05) is 20.7 Å². The van der Waals surface area contributed by atoms with Crippen molar-refractivity contribution in [2.45, 2.75) is 6.10 Å². The quantitative estimate of drug-likeness (QED) is 0.458. The van der Waals surface area contributed by atoms with Gasteiger partial charge >= 0.3 is 5.97 Å². The summed E-state index contributed by atoms with van der Waals surface area (Å²) in [5.74, 6) is -0.415. The molecule has 0 N–H and O–H groups in total. The van der Waals surface area contributed by atoms with E-state index < -0.39 is 5.97 Å². The van der Waals surface area contributed by atoms with Gasteiger partial charge < -0.3 is 14.4 Å². The predicted octanol–water partition coefficient (Wildman–Crippen LogP) is 1.60. The maximum Gasteiger partial charge on any atom is 0.354 e. The van der Waals surface area contributed by atoms with E-state index in [1.165, 1.54) is 7.11 Å². The van der Waals surface area contributed by atoms with E-state index in [2.05, 4.69) is 4.74 Å². The highest BCUT2D eigenvalue weighted by molar-refractivity contribution is 5.93. The van der Waals surface area contributed by atoms with Gasteiger partial charge in [0, 0.05) is 7.05 Å². The average Bonchev–Trinajstić information content (AvgIpc) is 2.82. The van der Waals surface area contributed by atoms with Gasteiger partial charge in [-0.15, -0.1) is 0 Å². The molecular formula is C14H14N2O3. The lowest BCUT2D eigenvalue weighted by atomic mass is 10.1. The molecule has 0 bridgehead atoms. The van der Waals surface area contributed by atoms with Crippen LogP contribution in [0.3, 0.4) is 0 Å². The maximum absolute atomic E-state index is 11.5. The van der Waals surface area contributed by atoms with Crippen LogP contribution in [0.5, 0.6) is 0 Å². The van der Waals surface area contributed by atoms with Crippen molar-refractivity contribution >= 4 is 5.97 Å². The lowest BCUT2D eigenvalue weighted by molar-refractivity contribution is -0.136. The van der Waals surface area contributed by atoms with Crippen LogP contribution in [-0.4, -0.2) is 31.6 Å².